The Morgan fingerprint density at radius 1 is 0.742 bits per heavy atom. The van der Waals surface area contributed by atoms with E-state index in [4.69, 9.17) is 11.6 Å². The molecule has 5 rings (SSSR count). The second-order valence-electron chi connectivity index (χ2n) is 7.18. The van der Waals surface area contributed by atoms with Crippen molar-refractivity contribution in [2.75, 3.05) is 0 Å². The second kappa shape index (κ2) is 9.46. The molecule has 3 heteroatoms. The first kappa shape index (κ1) is 20.6. The smallest absolute Gasteiger partial charge is 0.194 e. The van der Waals surface area contributed by atoms with Gasteiger partial charge in [0.25, 0.3) is 0 Å². The predicted molar refractivity (Wildman–Crippen MR) is 129 cm³/mol. The van der Waals surface area contributed by atoms with Gasteiger partial charge in [-0.15, -0.1) is 0 Å². The summed E-state index contributed by atoms with van der Waals surface area (Å²) in [7, 11) is 0. The topological polar surface area (TPSA) is 21.5 Å². The van der Waals surface area contributed by atoms with Crippen LogP contribution in [0.1, 0.15) is 21.6 Å². The van der Waals surface area contributed by atoms with Crippen LogP contribution < -0.4 is 0 Å². The van der Waals surface area contributed by atoms with E-state index in [1.54, 1.807) is 24.3 Å². The third kappa shape index (κ3) is 4.60. The number of rotatable bonds is 3. The molecule has 31 heavy (non-hydrogen) atoms. The van der Waals surface area contributed by atoms with Crippen LogP contribution in [-0.2, 0) is 0 Å². The Labute approximate surface area is 187 Å². The highest BCUT2D eigenvalue weighted by Crippen LogP contribution is 2.26. The number of hydrogen-bond acceptors (Lipinski definition) is 1. The molecule has 2 aromatic heterocycles. The average Bonchev–Trinajstić information content (AvgIpc) is 3.17. The number of ketones is 1. The van der Waals surface area contributed by atoms with E-state index in [0.717, 1.165) is 0 Å². The molecule has 0 radical (unpaired) electrons. The number of benzene rings is 3. The lowest BCUT2D eigenvalue weighted by Crippen LogP contribution is -2.01. The van der Waals surface area contributed by atoms with E-state index in [9.17, 15) is 4.79 Å². The van der Waals surface area contributed by atoms with Crippen LogP contribution in [0.5, 0.6) is 0 Å². The van der Waals surface area contributed by atoms with Gasteiger partial charge in [0.1, 0.15) is 0 Å². The molecule has 0 N–H and O–H groups in total. The third-order valence-electron chi connectivity index (χ3n) is 5.17. The van der Waals surface area contributed by atoms with Crippen molar-refractivity contribution in [3.05, 3.63) is 137 Å². The van der Waals surface area contributed by atoms with E-state index < -0.39 is 0 Å². The standard InChI is InChI=1S/C15H13N.C13H9ClO/c1-12-15(13-7-3-2-4-8-13)11-14-9-5-6-10-16(12)14;14-12-9-5-4-8-11(12)13(15)10-6-2-1-3-7-10/h2-11H,1H3;1-9H. The minimum atomic E-state index is -0.0406. The number of aryl methyl sites for hydroxylation is 1. The fourth-order valence-electron chi connectivity index (χ4n) is 3.56. The Balaban J connectivity index is 0.000000150. The average molecular weight is 424 g/mol. The number of hydrogen-bond donors (Lipinski definition) is 0. The summed E-state index contributed by atoms with van der Waals surface area (Å²) >= 11 is 5.95. The lowest BCUT2D eigenvalue weighted by molar-refractivity contribution is 0.103. The summed E-state index contributed by atoms with van der Waals surface area (Å²) in [6.07, 6.45) is 2.11. The van der Waals surface area contributed by atoms with E-state index in [0.29, 0.717) is 16.1 Å². The molecule has 0 fully saturated rings. The maximum atomic E-state index is 12.0. The minimum Gasteiger partial charge on any atom is -0.321 e. The first-order chi connectivity index (χ1) is 15.1. The summed E-state index contributed by atoms with van der Waals surface area (Å²) in [5.41, 5.74) is 6.34. The molecule has 0 aliphatic carbocycles. The summed E-state index contributed by atoms with van der Waals surface area (Å²) in [5.74, 6) is -0.0406. The number of nitrogens with zero attached hydrogens (tertiary/aromatic N) is 1. The van der Waals surface area contributed by atoms with Crippen molar-refractivity contribution in [1.29, 1.82) is 0 Å². The molecule has 5 aromatic rings. The predicted octanol–water partition coefficient (Wildman–Crippen LogP) is 7.49. The maximum absolute atomic E-state index is 12.0. The van der Waals surface area contributed by atoms with E-state index in [2.05, 4.69) is 72.1 Å². The van der Waals surface area contributed by atoms with Crippen LogP contribution in [0, 0.1) is 6.92 Å². The number of fused-ring (bicyclic) bond motifs is 1. The van der Waals surface area contributed by atoms with Gasteiger partial charge in [0.15, 0.2) is 5.78 Å². The van der Waals surface area contributed by atoms with Gasteiger partial charge in [-0.2, -0.15) is 0 Å². The zero-order chi connectivity index (χ0) is 21.6. The quantitative estimate of drug-likeness (QED) is 0.275. The SMILES string of the molecule is Cc1c(-c2ccccc2)cc2ccccn12.O=C(c1ccccc1)c1ccccc1Cl. The number of pyridine rings is 1. The van der Waals surface area contributed by atoms with Crippen molar-refractivity contribution in [3.63, 3.8) is 0 Å². The fourth-order valence-corrected chi connectivity index (χ4v) is 3.78. The molecule has 3 aromatic carbocycles. The van der Waals surface area contributed by atoms with Gasteiger partial charge in [0, 0.05) is 34.1 Å². The molecule has 0 saturated heterocycles. The molecule has 0 bridgehead atoms. The van der Waals surface area contributed by atoms with Gasteiger partial charge < -0.3 is 4.40 Å². The Bertz CT molecular complexity index is 1310. The van der Waals surface area contributed by atoms with Gasteiger partial charge >= 0.3 is 0 Å². The number of halogens is 1. The minimum absolute atomic E-state index is 0.0406. The van der Waals surface area contributed by atoms with E-state index in [1.807, 2.05) is 30.3 Å². The van der Waals surface area contributed by atoms with Crippen molar-refractivity contribution in [1.82, 2.24) is 4.40 Å². The molecule has 0 amide bonds. The van der Waals surface area contributed by atoms with Crippen molar-refractivity contribution in [2.45, 2.75) is 6.92 Å². The number of aromatic nitrogens is 1. The van der Waals surface area contributed by atoms with E-state index in [-0.39, 0.29) is 5.78 Å². The lowest BCUT2D eigenvalue weighted by Gasteiger charge is -2.02. The molecular formula is C28H22ClNO. The van der Waals surface area contributed by atoms with Crippen LogP contribution >= 0.6 is 11.6 Å². The normalized spacial score (nSPS) is 10.4. The Kier molecular flexibility index (Phi) is 6.30. The van der Waals surface area contributed by atoms with Crippen molar-refractivity contribution in [2.24, 2.45) is 0 Å². The van der Waals surface area contributed by atoms with Gasteiger partial charge in [-0.05, 0) is 42.8 Å². The summed E-state index contributed by atoms with van der Waals surface area (Å²) in [4.78, 5) is 12.0. The van der Waals surface area contributed by atoms with Crippen molar-refractivity contribution < 1.29 is 4.79 Å². The zero-order valence-corrected chi connectivity index (χ0v) is 18.0. The van der Waals surface area contributed by atoms with Gasteiger partial charge in [-0.25, -0.2) is 0 Å². The molecule has 152 valence electrons. The Morgan fingerprint density at radius 3 is 2.03 bits per heavy atom. The van der Waals surface area contributed by atoms with Crippen molar-refractivity contribution in [3.8, 4) is 11.1 Å². The molecule has 0 atom stereocenters. The van der Waals surface area contributed by atoms with E-state index in [1.165, 1.54) is 22.3 Å². The molecule has 0 aliphatic rings. The van der Waals surface area contributed by atoms with Gasteiger partial charge in [0.05, 0.1) is 5.02 Å². The first-order valence-electron chi connectivity index (χ1n) is 10.1. The Morgan fingerprint density at radius 2 is 1.35 bits per heavy atom. The number of carbonyl (C=O) groups excluding carboxylic acids is 1. The molecule has 0 spiro atoms. The van der Waals surface area contributed by atoms with Crippen LogP contribution in [0.3, 0.4) is 0 Å². The summed E-state index contributed by atoms with van der Waals surface area (Å²) in [6, 6.07) is 35.2. The summed E-state index contributed by atoms with van der Waals surface area (Å²) in [6.45, 7) is 2.16. The van der Waals surface area contributed by atoms with Gasteiger partial charge in [-0.1, -0.05) is 90.5 Å². The van der Waals surface area contributed by atoms with E-state index >= 15 is 0 Å². The summed E-state index contributed by atoms with van der Waals surface area (Å²) in [5, 5.41) is 0.492. The van der Waals surface area contributed by atoms with Gasteiger partial charge in [-0.3, -0.25) is 4.79 Å². The first-order valence-corrected chi connectivity index (χ1v) is 10.5. The van der Waals surface area contributed by atoms with Crippen LogP contribution in [-0.4, -0.2) is 10.2 Å². The largest absolute Gasteiger partial charge is 0.321 e. The van der Waals surface area contributed by atoms with Gasteiger partial charge in [0.2, 0.25) is 0 Å². The highest BCUT2D eigenvalue weighted by molar-refractivity contribution is 6.34. The monoisotopic (exact) mass is 423 g/mol. The molecule has 2 heterocycles. The molecular weight excluding hydrogens is 402 g/mol. The van der Waals surface area contributed by atoms with Crippen LogP contribution in [0.2, 0.25) is 5.02 Å². The van der Waals surface area contributed by atoms with Crippen LogP contribution in [0.4, 0.5) is 0 Å². The maximum Gasteiger partial charge on any atom is 0.194 e. The molecule has 0 unspecified atom stereocenters. The molecule has 0 saturated carbocycles. The third-order valence-corrected chi connectivity index (χ3v) is 5.50. The molecule has 0 aliphatic heterocycles. The van der Waals surface area contributed by atoms with Crippen molar-refractivity contribution >= 4 is 22.9 Å². The fraction of sp³-hybridized carbons (Fsp3) is 0.0357. The number of carbonyl (C=O) groups is 1. The van der Waals surface area contributed by atoms with Crippen LogP contribution in [0.25, 0.3) is 16.6 Å². The summed E-state index contributed by atoms with van der Waals surface area (Å²) < 4.78 is 2.22. The lowest BCUT2D eigenvalue weighted by atomic mass is 10.0. The Hall–Kier alpha value is -3.62. The molecule has 2 nitrogen and oxygen atoms in total. The van der Waals surface area contributed by atoms with Crippen LogP contribution in [0.15, 0.2) is 115 Å². The highest BCUT2D eigenvalue weighted by atomic mass is 35.5. The highest BCUT2D eigenvalue weighted by Gasteiger charge is 2.11. The second-order valence-corrected chi connectivity index (χ2v) is 7.59. The zero-order valence-electron chi connectivity index (χ0n) is 17.2.